The number of fused-ring (bicyclic) bond motifs is 1. The number of hydrogen-bond acceptors (Lipinski definition) is 5. The van der Waals surface area contributed by atoms with E-state index in [1.54, 1.807) is 30.3 Å². The number of hydrogen-bond donors (Lipinski definition) is 1. The SMILES string of the molecule is CN(CC1COc2ccccc2O1)C(=O)c1ccnc(CN)c1. The predicted octanol–water partition coefficient (Wildman–Crippen LogP) is 1.45. The van der Waals surface area contributed by atoms with Gasteiger partial charge < -0.3 is 20.1 Å². The third-order valence-corrected chi connectivity index (χ3v) is 3.66. The third-order valence-electron chi connectivity index (χ3n) is 3.66. The lowest BCUT2D eigenvalue weighted by Crippen LogP contribution is -2.41. The van der Waals surface area contributed by atoms with Crippen LogP contribution >= 0.6 is 0 Å². The molecular weight excluding hydrogens is 294 g/mol. The van der Waals surface area contributed by atoms with Crippen molar-refractivity contribution in [2.75, 3.05) is 20.2 Å². The predicted molar refractivity (Wildman–Crippen MR) is 85.4 cm³/mol. The number of para-hydroxylation sites is 2. The Morgan fingerprint density at radius 2 is 2.13 bits per heavy atom. The molecule has 0 spiro atoms. The van der Waals surface area contributed by atoms with E-state index >= 15 is 0 Å². The molecule has 3 rings (SSSR count). The van der Waals surface area contributed by atoms with Crippen LogP contribution in [0.15, 0.2) is 42.6 Å². The topological polar surface area (TPSA) is 77.7 Å². The minimum atomic E-state index is -0.199. The van der Waals surface area contributed by atoms with E-state index in [-0.39, 0.29) is 12.0 Å². The fourth-order valence-corrected chi connectivity index (χ4v) is 2.48. The standard InChI is InChI=1S/C17H19N3O3/c1-20(17(21)12-6-7-19-13(8-12)9-18)10-14-11-22-15-4-2-3-5-16(15)23-14/h2-8,14H,9-11,18H2,1H3. The first kappa shape index (κ1) is 15.3. The number of aromatic nitrogens is 1. The number of benzene rings is 1. The van der Waals surface area contributed by atoms with Crippen molar-refractivity contribution < 1.29 is 14.3 Å². The van der Waals surface area contributed by atoms with E-state index in [1.807, 2.05) is 24.3 Å². The summed E-state index contributed by atoms with van der Waals surface area (Å²) < 4.78 is 11.6. The van der Waals surface area contributed by atoms with Crippen LogP contribution in [0.4, 0.5) is 0 Å². The van der Waals surface area contributed by atoms with Gasteiger partial charge in [0.05, 0.1) is 12.2 Å². The van der Waals surface area contributed by atoms with Crippen LogP contribution < -0.4 is 15.2 Å². The van der Waals surface area contributed by atoms with E-state index in [2.05, 4.69) is 4.98 Å². The first-order chi connectivity index (χ1) is 11.2. The molecule has 6 heteroatoms. The van der Waals surface area contributed by atoms with Crippen LogP contribution in [0.1, 0.15) is 16.1 Å². The van der Waals surface area contributed by atoms with Crippen LogP contribution in [0, 0.1) is 0 Å². The van der Waals surface area contributed by atoms with Gasteiger partial charge in [-0.15, -0.1) is 0 Å². The third kappa shape index (κ3) is 3.43. The van der Waals surface area contributed by atoms with Gasteiger partial charge in [0.1, 0.15) is 6.61 Å². The largest absolute Gasteiger partial charge is 0.486 e. The molecule has 0 aliphatic carbocycles. The highest BCUT2D eigenvalue weighted by Gasteiger charge is 2.24. The summed E-state index contributed by atoms with van der Waals surface area (Å²) in [4.78, 5) is 18.2. The number of amides is 1. The zero-order chi connectivity index (χ0) is 16.2. The summed E-state index contributed by atoms with van der Waals surface area (Å²) in [6, 6.07) is 10.9. The molecule has 0 bridgehead atoms. The van der Waals surface area contributed by atoms with E-state index in [9.17, 15) is 4.79 Å². The first-order valence-corrected chi connectivity index (χ1v) is 7.46. The number of likely N-dealkylation sites (N-methyl/N-ethyl adjacent to an activating group) is 1. The minimum Gasteiger partial charge on any atom is -0.486 e. The highest BCUT2D eigenvalue weighted by atomic mass is 16.6. The average molecular weight is 313 g/mol. The summed E-state index contributed by atoms with van der Waals surface area (Å²) in [6.45, 7) is 1.16. The maximum Gasteiger partial charge on any atom is 0.253 e. The second-order valence-electron chi connectivity index (χ2n) is 5.42. The molecule has 0 radical (unpaired) electrons. The van der Waals surface area contributed by atoms with Gasteiger partial charge in [-0.25, -0.2) is 0 Å². The van der Waals surface area contributed by atoms with Crippen LogP contribution in [-0.2, 0) is 6.54 Å². The number of pyridine rings is 1. The van der Waals surface area contributed by atoms with Crippen molar-refractivity contribution >= 4 is 5.91 Å². The molecule has 2 heterocycles. The summed E-state index contributed by atoms with van der Waals surface area (Å²) in [5.74, 6) is 1.35. The number of carbonyl (C=O) groups is 1. The van der Waals surface area contributed by atoms with E-state index in [1.165, 1.54) is 0 Å². The summed E-state index contributed by atoms with van der Waals surface area (Å²) in [5, 5.41) is 0. The lowest BCUT2D eigenvalue weighted by Gasteiger charge is -2.29. The Morgan fingerprint density at radius 3 is 2.91 bits per heavy atom. The Morgan fingerprint density at radius 1 is 1.35 bits per heavy atom. The lowest BCUT2D eigenvalue weighted by molar-refractivity contribution is 0.0521. The average Bonchev–Trinajstić information content (AvgIpc) is 2.61. The second kappa shape index (κ2) is 6.66. The van der Waals surface area contributed by atoms with Gasteiger partial charge in [0, 0.05) is 25.4 Å². The smallest absolute Gasteiger partial charge is 0.253 e. The van der Waals surface area contributed by atoms with Gasteiger partial charge in [0.2, 0.25) is 0 Å². The summed E-state index contributed by atoms with van der Waals surface area (Å²) >= 11 is 0. The van der Waals surface area contributed by atoms with Crippen LogP contribution in [-0.4, -0.2) is 42.1 Å². The molecule has 1 amide bonds. The zero-order valence-corrected chi connectivity index (χ0v) is 12.9. The summed E-state index contributed by atoms with van der Waals surface area (Å²) in [6.07, 6.45) is 1.40. The molecule has 0 saturated heterocycles. The van der Waals surface area contributed by atoms with Crippen LogP contribution in [0.5, 0.6) is 11.5 Å². The molecule has 0 saturated carbocycles. The highest BCUT2D eigenvalue weighted by Crippen LogP contribution is 2.31. The van der Waals surface area contributed by atoms with Crippen molar-refractivity contribution in [3.63, 3.8) is 0 Å². The number of carbonyl (C=O) groups excluding carboxylic acids is 1. The molecule has 2 N–H and O–H groups in total. The maximum atomic E-state index is 12.5. The fourth-order valence-electron chi connectivity index (χ4n) is 2.48. The Labute approximate surface area is 134 Å². The van der Waals surface area contributed by atoms with Crippen molar-refractivity contribution in [2.24, 2.45) is 5.73 Å². The van der Waals surface area contributed by atoms with E-state index in [0.29, 0.717) is 36.7 Å². The Balaban J connectivity index is 1.65. The van der Waals surface area contributed by atoms with E-state index in [0.717, 1.165) is 5.75 Å². The van der Waals surface area contributed by atoms with Crippen LogP contribution in [0.3, 0.4) is 0 Å². The van der Waals surface area contributed by atoms with Crippen molar-refractivity contribution in [2.45, 2.75) is 12.6 Å². The quantitative estimate of drug-likeness (QED) is 0.924. The lowest BCUT2D eigenvalue weighted by atomic mass is 10.2. The number of nitrogens with zero attached hydrogens (tertiary/aromatic N) is 2. The molecule has 1 aliphatic rings. The number of rotatable bonds is 4. The molecular formula is C17H19N3O3. The zero-order valence-electron chi connectivity index (χ0n) is 12.9. The van der Waals surface area contributed by atoms with Crippen molar-refractivity contribution in [1.29, 1.82) is 0 Å². The molecule has 2 aromatic rings. The molecule has 6 nitrogen and oxygen atoms in total. The fraction of sp³-hybridized carbons (Fsp3) is 0.294. The van der Waals surface area contributed by atoms with Gasteiger partial charge in [-0.2, -0.15) is 0 Å². The molecule has 1 aromatic carbocycles. The molecule has 23 heavy (non-hydrogen) atoms. The Kier molecular flexibility index (Phi) is 4.43. The Bertz CT molecular complexity index is 705. The van der Waals surface area contributed by atoms with Crippen molar-refractivity contribution in [3.05, 3.63) is 53.9 Å². The van der Waals surface area contributed by atoms with Crippen molar-refractivity contribution in [3.8, 4) is 11.5 Å². The van der Waals surface area contributed by atoms with Gasteiger partial charge >= 0.3 is 0 Å². The van der Waals surface area contributed by atoms with Gasteiger partial charge in [-0.3, -0.25) is 9.78 Å². The van der Waals surface area contributed by atoms with Gasteiger partial charge in [-0.1, -0.05) is 12.1 Å². The van der Waals surface area contributed by atoms with E-state index < -0.39 is 0 Å². The Hall–Kier alpha value is -2.60. The summed E-state index contributed by atoms with van der Waals surface area (Å²) in [7, 11) is 1.74. The number of nitrogens with two attached hydrogens (primary N) is 1. The second-order valence-corrected chi connectivity index (χ2v) is 5.42. The molecule has 1 aromatic heterocycles. The first-order valence-electron chi connectivity index (χ1n) is 7.46. The molecule has 1 aliphatic heterocycles. The normalized spacial score (nSPS) is 16.0. The molecule has 120 valence electrons. The number of ether oxygens (including phenoxy) is 2. The molecule has 0 fully saturated rings. The van der Waals surface area contributed by atoms with Gasteiger partial charge in [0.25, 0.3) is 5.91 Å². The molecule has 1 atom stereocenters. The van der Waals surface area contributed by atoms with Crippen LogP contribution in [0.25, 0.3) is 0 Å². The van der Waals surface area contributed by atoms with Gasteiger partial charge in [0.15, 0.2) is 17.6 Å². The maximum absolute atomic E-state index is 12.5. The minimum absolute atomic E-state index is 0.0930. The highest BCUT2D eigenvalue weighted by molar-refractivity contribution is 5.94. The van der Waals surface area contributed by atoms with Gasteiger partial charge in [-0.05, 0) is 24.3 Å². The van der Waals surface area contributed by atoms with E-state index in [4.69, 9.17) is 15.2 Å². The summed E-state index contributed by atoms with van der Waals surface area (Å²) in [5.41, 5.74) is 6.83. The van der Waals surface area contributed by atoms with Crippen molar-refractivity contribution in [1.82, 2.24) is 9.88 Å². The monoisotopic (exact) mass is 313 g/mol. The molecule has 1 unspecified atom stereocenters. The van der Waals surface area contributed by atoms with Crippen LogP contribution in [0.2, 0.25) is 0 Å².